The van der Waals surface area contributed by atoms with Gasteiger partial charge in [-0.3, -0.25) is 24.0 Å². The fourth-order valence-corrected chi connectivity index (χ4v) is 3.92. The molecule has 0 spiro atoms. The maximum absolute atomic E-state index is 12.7. The van der Waals surface area contributed by atoms with E-state index in [1.165, 1.54) is 18.7 Å². The molecule has 0 saturated carbocycles. The zero-order valence-electron chi connectivity index (χ0n) is 20.4. The number of nitrogens with zero attached hydrogens (tertiary/aromatic N) is 2. The summed E-state index contributed by atoms with van der Waals surface area (Å²) >= 11 is 0. The summed E-state index contributed by atoms with van der Waals surface area (Å²) < 4.78 is 21.6. The summed E-state index contributed by atoms with van der Waals surface area (Å²) in [4.78, 5) is 66.9. The summed E-state index contributed by atoms with van der Waals surface area (Å²) in [5.41, 5.74) is 1.12. The SMILES string of the molecule is CC(=O)N[C@@H]1[C@@H](O/N=C2\C(=O)N(C)c3ccccc32)O[C@@H](COC(C)=O)[C@@H](OC(C)=O)[C@@H]1OC(C)=O. The van der Waals surface area contributed by atoms with Gasteiger partial charge < -0.3 is 34.0 Å². The Morgan fingerprint density at radius 2 is 1.64 bits per heavy atom. The van der Waals surface area contributed by atoms with Gasteiger partial charge in [0.15, 0.2) is 17.9 Å². The van der Waals surface area contributed by atoms with Crippen LogP contribution in [-0.4, -0.2) is 79.7 Å². The number of anilines is 1. The normalized spacial score (nSPS) is 26.1. The molecule has 0 radical (unpaired) electrons. The topological polar surface area (TPSA) is 159 Å². The molecule has 1 aromatic carbocycles. The van der Waals surface area contributed by atoms with Crippen molar-refractivity contribution in [3.8, 4) is 0 Å². The van der Waals surface area contributed by atoms with Crippen molar-refractivity contribution in [3.63, 3.8) is 0 Å². The molecule has 36 heavy (non-hydrogen) atoms. The molecular weight excluding hydrogens is 478 g/mol. The number of fused-ring (bicyclic) bond motifs is 1. The number of carbonyl (C=O) groups excluding carboxylic acids is 5. The van der Waals surface area contributed by atoms with Gasteiger partial charge in [-0.2, -0.15) is 0 Å². The Kier molecular flexibility index (Phi) is 8.25. The van der Waals surface area contributed by atoms with Crippen LogP contribution in [0.1, 0.15) is 33.3 Å². The summed E-state index contributed by atoms with van der Waals surface area (Å²) in [7, 11) is 1.58. The van der Waals surface area contributed by atoms with E-state index in [2.05, 4.69) is 10.5 Å². The highest BCUT2D eigenvalue weighted by molar-refractivity contribution is 6.54. The summed E-state index contributed by atoms with van der Waals surface area (Å²) in [6.45, 7) is 4.26. The Morgan fingerprint density at radius 3 is 2.25 bits per heavy atom. The Morgan fingerprint density at radius 1 is 1.00 bits per heavy atom. The van der Waals surface area contributed by atoms with Gasteiger partial charge in [0, 0.05) is 40.3 Å². The van der Waals surface area contributed by atoms with E-state index in [1.807, 2.05) is 0 Å². The second-order valence-electron chi connectivity index (χ2n) is 8.15. The lowest BCUT2D eigenvalue weighted by Crippen LogP contribution is -2.66. The highest BCUT2D eigenvalue weighted by Gasteiger charge is 2.52. The molecule has 0 unspecified atom stereocenters. The number of rotatable bonds is 7. The van der Waals surface area contributed by atoms with Crippen LogP contribution in [0.15, 0.2) is 29.4 Å². The van der Waals surface area contributed by atoms with Crippen LogP contribution in [0.2, 0.25) is 0 Å². The molecule has 1 N–H and O–H groups in total. The van der Waals surface area contributed by atoms with Crippen LogP contribution in [0.5, 0.6) is 0 Å². The van der Waals surface area contributed by atoms with E-state index in [0.29, 0.717) is 11.3 Å². The Balaban J connectivity index is 1.99. The lowest BCUT2D eigenvalue weighted by atomic mass is 9.96. The first-order chi connectivity index (χ1) is 17.0. The molecule has 2 aliphatic heterocycles. The van der Waals surface area contributed by atoms with Crippen LogP contribution in [0.25, 0.3) is 0 Å². The minimum atomic E-state index is -1.43. The van der Waals surface area contributed by atoms with E-state index in [1.54, 1.807) is 31.3 Å². The van der Waals surface area contributed by atoms with E-state index < -0.39 is 67.0 Å². The van der Waals surface area contributed by atoms with Crippen LogP contribution in [0.3, 0.4) is 0 Å². The molecule has 0 aromatic heterocycles. The van der Waals surface area contributed by atoms with Crippen molar-refractivity contribution in [2.24, 2.45) is 5.16 Å². The fourth-order valence-electron chi connectivity index (χ4n) is 3.92. The molecule has 13 heteroatoms. The number of likely N-dealkylation sites (N-methyl/N-ethyl adjacent to an activating group) is 1. The standard InChI is InChI=1S/C23H27N3O10/c1-11(27)24-19-21(34-14(4)30)20(33-13(3)29)17(10-32-12(2)28)35-23(19)36-25-18-15-8-6-7-9-16(15)26(5)22(18)31/h6-9,17,19-21,23H,10H2,1-5H3,(H,24,27)/b25-18-/t17-,19-,20+,21+,23+/m0/s1. The molecule has 194 valence electrons. The summed E-state index contributed by atoms with van der Waals surface area (Å²) in [5, 5.41) is 6.56. The number of esters is 3. The van der Waals surface area contributed by atoms with Crippen LogP contribution in [0, 0.1) is 0 Å². The number of ether oxygens (including phenoxy) is 4. The lowest BCUT2D eigenvalue weighted by molar-refractivity contribution is -0.278. The monoisotopic (exact) mass is 505 g/mol. The minimum Gasteiger partial charge on any atom is -0.463 e. The largest absolute Gasteiger partial charge is 0.463 e. The maximum Gasteiger partial charge on any atom is 0.303 e. The number of hydrogen-bond acceptors (Lipinski definition) is 11. The maximum atomic E-state index is 12.7. The first kappa shape index (κ1) is 26.6. The zero-order valence-corrected chi connectivity index (χ0v) is 20.4. The van der Waals surface area contributed by atoms with Crippen LogP contribution in [0.4, 0.5) is 5.69 Å². The van der Waals surface area contributed by atoms with Gasteiger partial charge in [-0.1, -0.05) is 23.4 Å². The molecule has 1 fully saturated rings. The van der Waals surface area contributed by atoms with E-state index in [0.717, 1.165) is 13.8 Å². The van der Waals surface area contributed by atoms with Crippen molar-refractivity contribution in [2.45, 2.75) is 58.3 Å². The van der Waals surface area contributed by atoms with Crippen molar-refractivity contribution in [2.75, 3.05) is 18.6 Å². The summed E-state index contributed by atoms with van der Waals surface area (Å²) in [6, 6.07) is 5.71. The average molecular weight is 505 g/mol. The third-order valence-corrected chi connectivity index (χ3v) is 5.35. The third kappa shape index (κ3) is 5.97. The molecule has 0 aliphatic carbocycles. The van der Waals surface area contributed by atoms with Gasteiger partial charge in [0.05, 0.1) is 5.69 Å². The second kappa shape index (κ2) is 11.2. The quantitative estimate of drug-likeness (QED) is 0.304. The van der Waals surface area contributed by atoms with Gasteiger partial charge in [-0.05, 0) is 6.07 Å². The number of nitrogens with one attached hydrogen (secondary N) is 1. The van der Waals surface area contributed by atoms with Crippen LogP contribution in [-0.2, 0) is 47.8 Å². The van der Waals surface area contributed by atoms with Gasteiger partial charge in [0.1, 0.15) is 18.8 Å². The van der Waals surface area contributed by atoms with E-state index in [4.69, 9.17) is 23.8 Å². The molecule has 1 aromatic rings. The Labute approximate surface area is 206 Å². The highest BCUT2D eigenvalue weighted by Crippen LogP contribution is 2.30. The average Bonchev–Trinajstić information content (AvgIpc) is 3.03. The predicted octanol–water partition coefficient (Wildman–Crippen LogP) is 0.0398. The third-order valence-electron chi connectivity index (χ3n) is 5.35. The minimum absolute atomic E-state index is 0.0130. The predicted molar refractivity (Wildman–Crippen MR) is 121 cm³/mol. The molecule has 2 amide bonds. The van der Waals surface area contributed by atoms with Crippen LogP contribution >= 0.6 is 0 Å². The van der Waals surface area contributed by atoms with Crippen LogP contribution < -0.4 is 10.2 Å². The number of carbonyl (C=O) groups is 5. The number of para-hydroxylation sites is 1. The fraction of sp³-hybridized carbons (Fsp3) is 0.478. The lowest BCUT2D eigenvalue weighted by Gasteiger charge is -2.43. The molecular formula is C23H27N3O10. The van der Waals surface area contributed by atoms with Gasteiger partial charge >= 0.3 is 17.9 Å². The molecule has 0 bridgehead atoms. The molecule has 5 atom stereocenters. The van der Waals surface area contributed by atoms with Gasteiger partial charge in [0.25, 0.3) is 12.2 Å². The van der Waals surface area contributed by atoms with Crippen molar-refractivity contribution >= 4 is 41.1 Å². The first-order valence-electron chi connectivity index (χ1n) is 11.0. The first-order valence-corrected chi connectivity index (χ1v) is 11.0. The van der Waals surface area contributed by atoms with Crippen molar-refractivity contribution < 1.29 is 47.8 Å². The number of oxime groups is 1. The molecule has 1 saturated heterocycles. The number of benzene rings is 1. The van der Waals surface area contributed by atoms with Crippen molar-refractivity contribution in [1.29, 1.82) is 0 Å². The molecule has 2 aliphatic rings. The Hall–Kier alpha value is -4.00. The van der Waals surface area contributed by atoms with Crippen molar-refractivity contribution in [1.82, 2.24) is 5.32 Å². The van der Waals surface area contributed by atoms with Gasteiger partial charge in [-0.15, -0.1) is 0 Å². The van der Waals surface area contributed by atoms with E-state index in [-0.39, 0.29) is 5.71 Å². The van der Waals surface area contributed by atoms with Gasteiger partial charge in [0.2, 0.25) is 5.91 Å². The van der Waals surface area contributed by atoms with Gasteiger partial charge in [-0.25, -0.2) is 0 Å². The number of hydrogen-bond donors (Lipinski definition) is 1. The molecule has 3 rings (SSSR count). The smallest absolute Gasteiger partial charge is 0.303 e. The zero-order chi connectivity index (χ0) is 26.6. The summed E-state index contributed by atoms with van der Waals surface area (Å²) in [5.74, 6) is -3.08. The molecule has 13 nitrogen and oxygen atoms in total. The number of amides is 2. The van der Waals surface area contributed by atoms with E-state index in [9.17, 15) is 24.0 Å². The molecule has 2 heterocycles. The van der Waals surface area contributed by atoms with Crippen molar-refractivity contribution in [3.05, 3.63) is 29.8 Å². The van der Waals surface area contributed by atoms with E-state index >= 15 is 0 Å². The highest BCUT2D eigenvalue weighted by atomic mass is 16.8. The Bertz CT molecular complexity index is 1090. The second-order valence-corrected chi connectivity index (χ2v) is 8.15. The summed E-state index contributed by atoms with van der Waals surface area (Å²) in [6.07, 6.45) is -5.16.